The molecule has 1 aromatic carbocycles. The zero-order chi connectivity index (χ0) is 17.5. The number of benzene rings is 1. The van der Waals surface area contributed by atoms with Gasteiger partial charge in [-0.05, 0) is 25.0 Å². The summed E-state index contributed by atoms with van der Waals surface area (Å²) in [6.45, 7) is 1.77. The van der Waals surface area contributed by atoms with E-state index in [0.29, 0.717) is 0 Å². The van der Waals surface area contributed by atoms with Crippen LogP contribution in [-0.4, -0.2) is 29.3 Å². The van der Waals surface area contributed by atoms with E-state index in [-0.39, 0.29) is 24.9 Å². The first-order chi connectivity index (χ1) is 11.5. The zero-order valence-corrected chi connectivity index (χ0v) is 14.0. The Morgan fingerprint density at radius 3 is 2.25 bits per heavy atom. The normalized spacial score (nSPS) is 15.6. The molecule has 0 heterocycles. The highest BCUT2D eigenvalue weighted by Gasteiger charge is 2.23. The standard InChI is InChI=1S/C18H24F2N2O2/c1-13(23)22(14-7-4-2-3-5-8-14)12-11-17(24)21-18-15(19)9-6-10-16(18)20/h6,9-10,14H,2-5,7-8,11-12H2,1H3,(H,21,24). The predicted molar refractivity (Wildman–Crippen MR) is 88.5 cm³/mol. The second-order valence-corrected chi connectivity index (χ2v) is 6.25. The number of hydrogen-bond donors (Lipinski definition) is 1. The Morgan fingerprint density at radius 2 is 1.71 bits per heavy atom. The van der Waals surface area contributed by atoms with Crippen LogP contribution in [0.25, 0.3) is 0 Å². The highest BCUT2D eigenvalue weighted by atomic mass is 19.1. The minimum Gasteiger partial charge on any atom is -0.339 e. The molecule has 0 unspecified atom stereocenters. The van der Waals surface area contributed by atoms with Gasteiger partial charge in [0.15, 0.2) is 0 Å². The number of halogens is 2. The fraction of sp³-hybridized carbons (Fsp3) is 0.556. The Balaban J connectivity index is 1.93. The monoisotopic (exact) mass is 338 g/mol. The van der Waals surface area contributed by atoms with Crippen LogP contribution >= 0.6 is 0 Å². The number of para-hydroxylation sites is 1. The van der Waals surface area contributed by atoms with E-state index in [9.17, 15) is 18.4 Å². The van der Waals surface area contributed by atoms with Crippen molar-refractivity contribution in [3.05, 3.63) is 29.8 Å². The van der Waals surface area contributed by atoms with Crippen LogP contribution in [0.2, 0.25) is 0 Å². The molecule has 24 heavy (non-hydrogen) atoms. The van der Waals surface area contributed by atoms with Gasteiger partial charge >= 0.3 is 0 Å². The first-order valence-corrected chi connectivity index (χ1v) is 8.50. The molecule has 0 aromatic heterocycles. The van der Waals surface area contributed by atoms with Gasteiger partial charge < -0.3 is 10.2 Å². The van der Waals surface area contributed by atoms with Crippen LogP contribution < -0.4 is 5.32 Å². The van der Waals surface area contributed by atoms with Gasteiger partial charge in [-0.25, -0.2) is 8.78 Å². The van der Waals surface area contributed by atoms with E-state index in [0.717, 1.165) is 37.8 Å². The lowest BCUT2D eigenvalue weighted by Gasteiger charge is -2.30. The highest BCUT2D eigenvalue weighted by molar-refractivity contribution is 5.91. The molecule has 1 N–H and O–H groups in total. The van der Waals surface area contributed by atoms with Crippen LogP contribution in [0.1, 0.15) is 51.9 Å². The molecule has 0 radical (unpaired) electrons. The van der Waals surface area contributed by atoms with E-state index in [2.05, 4.69) is 5.32 Å². The number of carbonyl (C=O) groups excluding carboxylic acids is 2. The maximum Gasteiger partial charge on any atom is 0.226 e. The molecule has 0 atom stereocenters. The van der Waals surface area contributed by atoms with Crippen LogP contribution in [0.4, 0.5) is 14.5 Å². The van der Waals surface area contributed by atoms with Crippen molar-refractivity contribution in [3.8, 4) is 0 Å². The van der Waals surface area contributed by atoms with Gasteiger partial charge in [0.05, 0.1) is 0 Å². The summed E-state index contributed by atoms with van der Waals surface area (Å²) in [7, 11) is 0. The molecule has 6 heteroatoms. The maximum atomic E-state index is 13.6. The minimum atomic E-state index is -0.810. The average Bonchev–Trinajstić information content (AvgIpc) is 2.80. The molecule has 0 bridgehead atoms. The third kappa shape index (κ3) is 5.01. The summed E-state index contributed by atoms with van der Waals surface area (Å²) in [5.74, 6) is -2.18. The van der Waals surface area contributed by atoms with Gasteiger partial charge in [0.1, 0.15) is 17.3 Å². The van der Waals surface area contributed by atoms with Crippen LogP contribution in [0, 0.1) is 11.6 Å². The van der Waals surface area contributed by atoms with Crippen LogP contribution in [0.15, 0.2) is 18.2 Å². The van der Waals surface area contributed by atoms with Crippen molar-refractivity contribution in [1.82, 2.24) is 4.90 Å². The lowest BCUT2D eigenvalue weighted by molar-refractivity contribution is -0.131. The molecule has 0 spiro atoms. The smallest absolute Gasteiger partial charge is 0.226 e. The SMILES string of the molecule is CC(=O)N(CCC(=O)Nc1c(F)cccc1F)C1CCCCCC1. The van der Waals surface area contributed by atoms with Crippen molar-refractivity contribution in [1.29, 1.82) is 0 Å². The quantitative estimate of drug-likeness (QED) is 0.829. The third-order valence-corrected chi connectivity index (χ3v) is 4.48. The summed E-state index contributed by atoms with van der Waals surface area (Å²) in [5, 5.41) is 2.26. The van der Waals surface area contributed by atoms with Gasteiger partial charge in [-0.1, -0.05) is 31.7 Å². The minimum absolute atomic E-state index is 0.0177. The molecule has 1 saturated carbocycles. The number of amides is 2. The molecule has 4 nitrogen and oxygen atoms in total. The molecule has 0 aliphatic heterocycles. The molecule has 1 aliphatic carbocycles. The molecule has 0 saturated heterocycles. The topological polar surface area (TPSA) is 49.4 Å². The molecular weight excluding hydrogens is 314 g/mol. The van der Waals surface area contributed by atoms with Crippen LogP contribution in [0.3, 0.4) is 0 Å². The van der Waals surface area contributed by atoms with Crippen LogP contribution in [-0.2, 0) is 9.59 Å². The molecule has 1 aromatic rings. The largest absolute Gasteiger partial charge is 0.339 e. The Hall–Kier alpha value is -1.98. The summed E-state index contributed by atoms with van der Waals surface area (Å²) in [4.78, 5) is 25.6. The Bertz CT molecular complexity index is 564. The Labute approximate surface area is 141 Å². The number of anilines is 1. The lowest BCUT2D eigenvalue weighted by atomic mass is 10.1. The van der Waals surface area contributed by atoms with Crippen molar-refractivity contribution in [2.75, 3.05) is 11.9 Å². The van der Waals surface area contributed by atoms with Crippen molar-refractivity contribution in [3.63, 3.8) is 0 Å². The second-order valence-electron chi connectivity index (χ2n) is 6.25. The van der Waals surface area contributed by atoms with Gasteiger partial charge in [-0.2, -0.15) is 0 Å². The summed E-state index contributed by atoms with van der Waals surface area (Å²) < 4.78 is 27.1. The van der Waals surface area contributed by atoms with E-state index in [4.69, 9.17) is 0 Å². The maximum absolute atomic E-state index is 13.6. The summed E-state index contributed by atoms with van der Waals surface area (Å²) in [6, 6.07) is 3.57. The second kappa shape index (κ2) is 8.76. The highest BCUT2D eigenvalue weighted by Crippen LogP contribution is 2.23. The van der Waals surface area contributed by atoms with Crippen molar-refractivity contribution in [2.45, 2.75) is 57.9 Å². The van der Waals surface area contributed by atoms with E-state index >= 15 is 0 Å². The van der Waals surface area contributed by atoms with Gasteiger partial charge in [0, 0.05) is 25.9 Å². The fourth-order valence-corrected chi connectivity index (χ4v) is 3.21. The molecular formula is C18H24F2N2O2. The molecule has 2 rings (SSSR count). The van der Waals surface area contributed by atoms with Crippen molar-refractivity contribution < 1.29 is 18.4 Å². The third-order valence-electron chi connectivity index (χ3n) is 4.48. The van der Waals surface area contributed by atoms with Crippen LogP contribution in [0.5, 0.6) is 0 Å². The molecule has 132 valence electrons. The Morgan fingerprint density at radius 1 is 1.12 bits per heavy atom. The average molecular weight is 338 g/mol. The van der Waals surface area contributed by atoms with Gasteiger partial charge in [-0.3, -0.25) is 9.59 Å². The first kappa shape index (κ1) is 18.4. The first-order valence-electron chi connectivity index (χ1n) is 8.50. The van der Waals surface area contributed by atoms with E-state index in [1.54, 1.807) is 4.90 Å². The van der Waals surface area contributed by atoms with E-state index in [1.807, 2.05) is 0 Å². The molecule has 1 fully saturated rings. The zero-order valence-electron chi connectivity index (χ0n) is 14.0. The number of rotatable bonds is 5. The van der Waals surface area contributed by atoms with Gasteiger partial charge in [0.2, 0.25) is 11.8 Å². The lowest BCUT2D eigenvalue weighted by Crippen LogP contribution is -2.40. The van der Waals surface area contributed by atoms with Crippen molar-refractivity contribution in [2.24, 2.45) is 0 Å². The molecule has 2 amide bonds. The van der Waals surface area contributed by atoms with E-state index in [1.165, 1.54) is 25.8 Å². The number of nitrogens with one attached hydrogen (secondary N) is 1. The summed E-state index contributed by atoms with van der Waals surface area (Å²) >= 11 is 0. The van der Waals surface area contributed by atoms with Gasteiger partial charge in [-0.15, -0.1) is 0 Å². The van der Waals surface area contributed by atoms with E-state index < -0.39 is 23.2 Å². The summed E-state index contributed by atoms with van der Waals surface area (Å²) in [6.07, 6.45) is 6.43. The molecule has 1 aliphatic rings. The Kier molecular flexibility index (Phi) is 6.70. The number of carbonyl (C=O) groups is 2. The fourth-order valence-electron chi connectivity index (χ4n) is 3.21. The predicted octanol–water partition coefficient (Wildman–Crippen LogP) is 3.86. The van der Waals surface area contributed by atoms with Gasteiger partial charge in [0.25, 0.3) is 0 Å². The number of nitrogens with zero attached hydrogens (tertiary/aromatic N) is 1. The summed E-state index contributed by atoms with van der Waals surface area (Å²) in [5.41, 5.74) is -0.439. The van der Waals surface area contributed by atoms with Crippen molar-refractivity contribution >= 4 is 17.5 Å². The number of hydrogen-bond acceptors (Lipinski definition) is 2.